The molecule has 0 aliphatic heterocycles. The molecule has 0 spiro atoms. The highest BCUT2D eigenvalue weighted by Crippen LogP contribution is 2.52. The molecule has 10 nitrogen and oxygen atoms in total. The molecule has 0 unspecified atom stereocenters. The minimum atomic E-state index is -4.55. The zero-order chi connectivity index (χ0) is 32.8. The lowest BCUT2D eigenvalue weighted by molar-refractivity contribution is -0.138. The summed E-state index contributed by atoms with van der Waals surface area (Å²) in [4.78, 5) is 33.7. The van der Waals surface area contributed by atoms with E-state index in [1.165, 1.54) is 0 Å². The predicted molar refractivity (Wildman–Crippen MR) is 165 cm³/mol. The van der Waals surface area contributed by atoms with Gasteiger partial charge in [0.1, 0.15) is 17.2 Å². The van der Waals surface area contributed by atoms with Crippen LogP contribution < -0.4 is 13.6 Å². The molecule has 0 atom stereocenters. The van der Waals surface area contributed by atoms with E-state index in [9.17, 15) is 34.3 Å². The Balaban J connectivity index is 2.13. The Morgan fingerprint density at radius 1 is 0.523 bits per heavy atom. The molecule has 0 saturated heterocycles. The van der Waals surface area contributed by atoms with Crippen molar-refractivity contribution >= 4 is 25.7 Å². The van der Waals surface area contributed by atoms with Gasteiger partial charge >= 0.3 is 25.7 Å². The van der Waals surface area contributed by atoms with E-state index < -0.39 is 25.7 Å². The summed E-state index contributed by atoms with van der Waals surface area (Å²) < 4.78 is 33.0. The van der Waals surface area contributed by atoms with Crippen LogP contribution in [-0.2, 0) is 38.2 Å². The first-order chi connectivity index (χ1) is 20.6. The maximum Gasteiger partial charge on any atom is 0.647 e. The Morgan fingerprint density at radius 3 is 1.00 bits per heavy atom. The molecular weight excluding hydrogens is 587 g/mol. The molecule has 0 radical (unpaired) electrons. The molecule has 44 heavy (non-hydrogen) atoms. The van der Waals surface area contributed by atoms with E-state index in [-0.39, 0.29) is 55.8 Å². The number of benzene rings is 3. The quantitative estimate of drug-likeness (QED) is 0.147. The fraction of sp³-hybridized carbons (Fsp3) is 0.364. The van der Waals surface area contributed by atoms with Crippen molar-refractivity contribution in [3.8, 4) is 17.2 Å². The second-order valence-electron chi connectivity index (χ2n) is 11.0. The van der Waals surface area contributed by atoms with E-state index in [2.05, 4.69) is 0 Å². The predicted octanol–water partition coefficient (Wildman–Crippen LogP) is 7.23. The smallest absolute Gasteiger partial charge is 0.481 e. The zero-order valence-corrected chi connectivity index (χ0v) is 26.7. The number of carboxylic acids is 3. The Bertz CT molecular complexity index is 1440. The number of hydrogen-bond acceptors (Lipinski definition) is 7. The van der Waals surface area contributed by atoms with Gasteiger partial charge in [-0.25, -0.2) is 0 Å². The van der Waals surface area contributed by atoms with Crippen LogP contribution >= 0.6 is 7.82 Å². The van der Waals surface area contributed by atoms with Crippen LogP contribution in [0.1, 0.15) is 69.3 Å². The highest BCUT2D eigenvalue weighted by atomic mass is 31.2. The highest BCUT2D eigenvalue weighted by Gasteiger charge is 2.36. The van der Waals surface area contributed by atoms with E-state index in [0.717, 1.165) is 16.7 Å². The third-order valence-corrected chi connectivity index (χ3v) is 8.55. The van der Waals surface area contributed by atoms with E-state index in [1.807, 2.05) is 39.0 Å². The van der Waals surface area contributed by atoms with Crippen molar-refractivity contribution in [3.05, 3.63) is 86.5 Å². The lowest BCUT2D eigenvalue weighted by atomic mass is 10.0. The zero-order valence-electron chi connectivity index (χ0n) is 25.9. The number of rotatable bonds is 15. The summed E-state index contributed by atoms with van der Waals surface area (Å²) >= 11 is 0. The molecule has 11 heteroatoms. The van der Waals surface area contributed by atoms with Crippen molar-refractivity contribution in [2.24, 2.45) is 0 Å². The molecule has 0 aliphatic rings. The van der Waals surface area contributed by atoms with Gasteiger partial charge in [-0.1, -0.05) is 18.2 Å². The van der Waals surface area contributed by atoms with Gasteiger partial charge in [0.25, 0.3) is 0 Å². The normalized spacial score (nSPS) is 11.2. The summed E-state index contributed by atoms with van der Waals surface area (Å²) in [6.45, 7) is 10.6. The Hall–Kier alpha value is -4.30. The van der Waals surface area contributed by atoms with Crippen molar-refractivity contribution in [1.29, 1.82) is 0 Å². The fourth-order valence-corrected chi connectivity index (χ4v) is 6.30. The number of phosphoric acid groups is 1. The molecular formula is C33H39O10P. The molecule has 3 aromatic rings. The number of aliphatic carboxylic acids is 3. The average molecular weight is 627 g/mol. The summed E-state index contributed by atoms with van der Waals surface area (Å²) in [7, 11) is -4.55. The van der Waals surface area contributed by atoms with Gasteiger partial charge in [0.15, 0.2) is 0 Å². The third-order valence-electron chi connectivity index (χ3n) is 7.29. The van der Waals surface area contributed by atoms with Crippen LogP contribution in [0.15, 0.2) is 36.4 Å². The fourth-order valence-electron chi connectivity index (χ4n) is 4.90. The second kappa shape index (κ2) is 14.4. The van der Waals surface area contributed by atoms with Gasteiger partial charge in [-0.2, -0.15) is 4.57 Å². The molecule has 3 rings (SSSR count). The van der Waals surface area contributed by atoms with Gasteiger partial charge in [-0.05, 0) is 129 Å². The molecule has 0 heterocycles. The van der Waals surface area contributed by atoms with Crippen LogP contribution in [0.3, 0.4) is 0 Å². The molecule has 236 valence electrons. The van der Waals surface area contributed by atoms with Gasteiger partial charge in [-0.3, -0.25) is 14.4 Å². The summed E-state index contributed by atoms with van der Waals surface area (Å²) in [5.74, 6) is -2.27. The second-order valence-corrected chi connectivity index (χ2v) is 12.5. The molecule has 0 saturated carbocycles. The van der Waals surface area contributed by atoms with E-state index in [1.54, 1.807) is 39.0 Å². The Morgan fingerprint density at radius 2 is 0.773 bits per heavy atom. The summed E-state index contributed by atoms with van der Waals surface area (Å²) in [5, 5.41) is 27.7. The van der Waals surface area contributed by atoms with Crippen LogP contribution in [-0.4, -0.2) is 33.2 Å². The van der Waals surface area contributed by atoms with Crippen molar-refractivity contribution in [2.75, 3.05) is 0 Å². The van der Waals surface area contributed by atoms with E-state index in [4.69, 9.17) is 13.6 Å². The number of aryl methyl sites for hydroxylation is 6. The maximum absolute atomic E-state index is 14.7. The van der Waals surface area contributed by atoms with Crippen molar-refractivity contribution in [3.63, 3.8) is 0 Å². The lowest BCUT2D eigenvalue weighted by Gasteiger charge is -2.24. The van der Waals surface area contributed by atoms with Gasteiger partial charge < -0.3 is 28.9 Å². The minimum absolute atomic E-state index is 0.0996. The van der Waals surface area contributed by atoms with Crippen LogP contribution in [0.4, 0.5) is 0 Å². The largest absolute Gasteiger partial charge is 0.647 e. The first-order valence-electron chi connectivity index (χ1n) is 14.2. The molecule has 3 aromatic carbocycles. The van der Waals surface area contributed by atoms with E-state index >= 15 is 0 Å². The van der Waals surface area contributed by atoms with Crippen molar-refractivity contribution in [1.82, 2.24) is 0 Å². The average Bonchev–Trinajstić information content (AvgIpc) is 2.91. The van der Waals surface area contributed by atoms with Crippen molar-refractivity contribution in [2.45, 2.75) is 80.1 Å². The van der Waals surface area contributed by atoms with Gasteiger partial charge in [-0.15, -0.1) is 0 Å². The van der Waals surface area contributed by atoms with Crippen molar-refractivity contribution < 1.29 is 47.8 Å². The SMILES string of the molecule is Cc1cc(CCC(=O)O)c(C)c(OP(=O)(Oc2cc(C)cc(CCC(=O)O)c2C)Oc2cc(C)cc(CCC(=O)O)c2C)c1. The Kier molecular flexibility index (Phi) is 11.2. The minimum Gasteiger partial charge on any atom is -0.481 e. The van der Waals surface area contributed by atoms with E-state index in [0.29, 0.717) is 33.4 Å². The molecule has 0 amide bonds. The summed E-state index contributed by atoms with van der Waals surface area (Å²) in [6.07, 6.45) is 0.407. The maximum atomic E-state index is 14.7. The third kappa shape index (κ3) is 9.35. The molecule has 3 N–H and O–H groups in total. The molecule has 0 fully saturated rings. The number of hydrogen-bond donors (Lipinski definition) is 3. The van der Waals surface area contributed by atoms with Crippen LogP contribution in [0, 0.1) is 41.5 Å². The topological polar surface area (TPSA) is 157 Å². The number of carboxylic acid groups (broad SMARTS) is 3. The molecule has 0 bridgehead atoms. The number of phosphoric ester groups is 1. The first-order valence-corrected chi connectivity index (χ1v) is 15.7. The lowest BCUT2D eigenvalue weighted by Crippen LogP contribution is -2.12. The number of carbonyl (C=O) groups is 3. The summed E-state index contributed by atoms with van der Waals surface area (Å²) in [5.41, 5.74) is 6.12. The van der Waals surface area contributed by atoms with Gasteiger partial charge in [0.05, 0.1) is 0 Å². The molecule has 0 aromatic heterocycles. The Labute approximate surface area is 257 Å². The highest BCUT2D eigenvalue weighted by molar-refractivity contribution is 7.49. The van der Waals surface area contributed by atoms with Crippen LogP contribution in [0.2, 0.25) is 0 Å². The van der Waals surface area contributed by atoms with Gasteiger partial charge in [0.2, 0.25) is 0 Å². The van der Waals surface area contributed by atoms with Gasteiger partial charge in [0, 0.05) is 19.3 Å². The van der Waals surface area contributed by atoms with Crippen LogP contribution in [0.25, 0.3) is 0 Å². The van der Waals surface area contributed by atoms with Crippen LogP contribution in [0.5, 0.6) is 17.2 Å². The summed E-state index contributed by atoms with van der Waals surface area (Å²) in [6, 6.07) is 10.5. The first kappa shape index (κ1) is 34.2. The molecule has 0 aliphatic carbocycles. The standard InChI is InChI=1S/C33H39O10P/c1-19-13-25(7-10-31(34)35)22(4)28(16-19)41-44(40,42-29-17-20(2)14-26(23(29)5)8-11-32(36)37)43-30-18-21(3)15-27(24(30)6)9-12-33(38)39/h13-18H,7-12H2,1-6H3,(H,34,35)(H,36,37)(H,38,39). The monoisotopic (exact) mass is 626 g/mol.